The zero-order valence-corrected chi connectivity index (χ0v) is 13.8. The molecule has 0 spiro atoms. The number of rotatable bonds is 7. The molecule has 21 heavy (non-hydrogen) atoms. The third kappa shape index (κ3) is 5.29. The average molecular weight is 290 g/mol. The maximum Gasteiger partial charge on any atom is 0.128 e. The molecular weight excluding hydrogens is 260 g/mol. The van der Waals surface area contributed by atoms with Gasteiger partial charge in [-0.25, -0.2) is 4.98 Å². The predicted molar refractivity (Wildman–Crippen MR) is 89.7 cm³/mol. The van der Waals surface area contributed by atoms with Gasteiger partial charge in [0.2, 0.25) is 0 Å². The van der Waals surface area contributed by atoms with Gasteiger partial charge in [0.15, 0.2) is 0 Å². The van der Waals surface area contributed by atoms with Crippen molar-refractivity contribution >= 4 is 5.82 Å². The Hall–Kier alpha value is -1.13. The van der Waals surface area contributed by atoms with Crippen molar-refractivity contribution < 1.29 is 0 Å². The zero-order chi connectivity index (χ0) is 15.1. The van der Waals surface area contributed by atoms with E-state index in [4.69, 9.17) is 0 Å². The minimum atomic E-state index is 0.754. The Labute approximate surface area is 129 Å². The van der Waals surface area contributed by atoms with E-state index < -0.39 is 0 Å². The number of pyridine rings is 1. The molecule has 0 bridgehead atoms. The first kappa shape index (κ1) is 16.2. The van der Waals surface area contributed by atoms with Crippen molar-refractivity contribution in [2.24, 2.45) is 5.92 Å². The summed E-state index contributed by atoms with van der Waals surface area (Å²) in [5.74, 6) is 1.88. The van der Waals surface area contributed by atoms with Crippen LogP contribution < -0.4 is 10.2 Å². The smallest absolute Gasteiger partial charge is 0.128 e. The highest BCUT2D eigenvalue weighted by molar-refractivity contribution is 5.39. The fraction of sp³-hybridized carbons (Fsp3) is 0.706. The Morgan fingerprint density at radius 2 is 1.95 bits per heavy atom. The first-order valence-electron chi connectivity index (χ1n) is 8.32. The van der Waals surface area contributed by atoms with Gasteiger partial charge >= 0.3 is 0 Å². The number of hydrogen-bond donors (Lipinski definition) is 1. The average Bonchev–Trinajstić information content (AvgIpc) is 2.49. The molecule has 1 aromatic heterocycles. The summed E-state index contributed by atoms with van der Waals surface area (Å²) in [4.78, 5) is 9.60. The second-order valence-electron chi connectivity index (χ2n) is 6.38. The van der Waals surface area contributed by atoms with Crippen LogP contribution in [-0.4, -0.2) is 49.2 Å². The van der Waals surface area contributed by atoms with Gasteiger partial charge in [-0.05, 0) is 30.5 Å². The van der Waals surface area contributed by atoms with E-state index in [1.165, 1.54) is 18.5 Å². The molecule has 1 aliphatic rings. The van der Waals surface area contributed by atoms with Crippen molar-refractivity contribution in [1.29, 1.82) is 0 Å². The summed E-state index contributed by atoms with van der Waals surface area (Å²) in [6, 6.07) is 4.37. The van der Waals surface area contributed by atoms with Crippen LogP contribution in [-0.2, 0) is 6.54 Å². The van der Waals surface area contributed by atoms with E-state index in [1.54, 1.807) is 0 Å². The molecule has 1 fully saturated rings. The van der Waals surface area contributed by atoms with Crippen LogP contribution in [0.1, 0.15) is 32.8 Å². The molecule has 1 N–H and O–H groups in total. The molecule has 0 amide bonds. The summed E-state index contributed by atoms with van der Waals surface area (Å²) in [7, 11) is 0. The molecule has 2 rings (SSSR count). The van der Waals surface area contributed by atoms with Crippen molar-refractivity contribution in [2.45, 2.75) is 33.7 Å². The molecule has 4 heteroatoms. The normalized spacial score (nSPS) is 16.7. The van der Waals surface area contributed by atoms with Gasteiger partial charge in [0, 0.05) is 45.5 Å². The van der Waals surface area contributed by atoms with Crippen LogP contribution in [0.5, 0.6) is 0 Å². The van der Waals surface area contributed by atoms with Gasteiger partial charge in [-0.15, -0.1) is 0 Å². The van der Waals surface area contributed by atoms with Gasteiger partial charge in [0.05, 0.1) is 0 Å². The Morgan fingerprint density at radius 3 is 2.52 bits per heavy atom. The monoisotopic (exact) mass is 290 g/mol. The van der Waals surface area contributed by atoms with Gasteiger partial charge < -0.3 is 10.2 Å². The summed E-state index contributed by atoms with van der Waals surface area (Å²) < 4.78 is 0. The van der Waals surface area contributed by atoms with Crippen molar-refractivity contribution in [3.05, 3.63) is 23.9 Å². The lowest BCUT2D eigenvalue weighted by Gasteiger charge is -2.36. The highest BCUT2D eigenvalue weighted by Gasteiger charge is 2.18. The van der Waals surface area contributed by atoms with Crippen molar-refractivity contribution in [2.75, 3.05) is 44.2 Å². The molecule has 118 valence electrons. The second kappa shape index (κ2) is 8.35. The minimum absolute atomic E-state index is 0.754. The minimum Gasteiger partial charge on any atom is -0.354 e. The van der Waals surface area contributed by atoms with E-state index in [0.717, 1.165) is 51.0 Å². The lowest BCUT2D eigenvalue weighted by Crippen LogP contribution is -2.47. The molecule has 1 saturated heterocycles. The summed E-state index contributed by atoms with van der Waals surface area (Å²) in [5, 5.41) is 3.41. The van der Waals surface area contributed by atoms with Gasteiger partial charge in [-0.2, -0.15) is 0 Å². The second-order valence-corrected chi connectivity index (χ2v) is 6.38. The standard InChI is InChI=1S/C17H30N4/c1-4-7-18-12-16-5-6-17(19-13-16)21-10-8-20(9-11-21)14-15(2)3/h5-6,13,15,18H,4,7-12,14H2,1-3H3. The number of anilines is 1. The molecule has 1 aromatic rings. The van der Waals surface area contributed by atoms with Gasteiger partial charge in [0.25, 0.3) is 0 Å². The highest BCUT2D eigenvalue weighted by atomic mass is 15.3. The molecule has 0 atom stereocenters. The van der Waals surface area contributed by atoms with E-state index in [9.17, 15) is 0 Å². The first-order chi connectivity index (χ1) is 10.2. The molecule has 2 heterocycles. The SMILES string of the molecule is CCCNCc1ccc(N2CCN(CC(C)C)CC2)nc1. The van der Waals surface area contributed by atoms with E-state index in [2.05, 4.69) is 53.0 Å². The number of nitrogens with one attached hydrogen (secondary N) is 1. The predicted octanol–water partition coefficient (Wildman–Crippen LogP) is 2.36. The summed E-state index contributed by atoms with van der Waals surface area (Å²) in [6.45, 7) is 14.5. The third-order valence-corrected chi connectivity index (χ3v) is 3.88. The fourth-order valence-electron chi connectivity index (χ4n) is 2.79. The largest absolute Gasteiger partial charge is 0.354 e. The lowest BCUT2D eigenvalue weighted by molar-refractivity contribution is 0.231. The zero-order valence-electron chi connectivity index (χ0n) is 13.8. The molecule has 4 nitrogen and oxygen atoms in total. The lowest BCUT2D eigenvalue weighted by atomic mass is 10.2. The van der Waals surface area contributed by atoms with Gasteiger partial charge in [-0.3, -0.25) is 4.90 Å². The fourth-order valence-corrected chi connectivity index (χ4v) is 2.79. The molecule has 0 unspecified atom stereocenters. The number of hydrogen-bond acceptors (Lipinski definition) is 4. The van der Waals surface area contributed by atoms with Crippen molar-refractivity contribution in [3.8, 4) is 0 Å². The summed E-state index contributed by atoms with van der Waals surface area (Å²) in [5.41, 5.74) is 1.27. The van der Waals surface area contributed by atoms with Gasteiger partial charge in [-0.1, -0.05) is 26.8 Å². The Bertz CT molecular complexity index is 394. The van der Waals surface area contributed by atoms with E-state index in [-0.39, 0.29) is 0 Å². The van der Waals surface area contributed by atoms with E-state index >= 15 is 0 Å². The first-order valence-corrected chi connectivity index (χ1v) is 8.32. The van der Waals surface area contributed by atoms with Crippen molar-refractivity contribution in [3.63, 3.8) is 0 Å². The Balaban J connectivity index is 1.80. The molecule has 0 radical (unpaired) electrons. The maximum atomic E-state index is 4.63. The van der Waals surface area contributed by atoms with Crippen LogP contribution in [0, 0.1) is 5.92 Å². The van der Waals surface area contributed by atoms with Crippen LogP contribution in [0.4, 0.5) is 5.82 Å². The summed E-state index contributed by atoms with van der Waals surface area (Å²) >= 11 is 0. The number of piperazine rings is 1. The Kier molecular flexibility index (Phi) is 6.46. The van der Waals surface area contributed by atoms with E-state index in [1.807, 2.05) is 6.20 Å². The summed E-state index contributed by atoms with van der Waals surface area (Å²) in [6.07, 6.45) is 3.19. The van der Waals surface area contributed by atoms with E-state index in [0.29, 0.717) is 0 Å². The third-order valence-electron chi connectivity index (χ3n) is 3.88. The van der Waals surface area contributed by atoms with Crippen LogP contribution in [0.25, 0.3) is 0 Å². The molecule has 0 saturated carbocycles. The highest BCUT2D eigenvalue weighted by Crippen LogP contribution is 2.14. The maximum absolute atomic E-state index is 4.63. The number of nitrogens with zero attached hydrogens (tertiary/aromatic N) is 3. The Morgan fingerprint density at radius 1 is 1.19 bits per heavy atom. The molecule has 0 aromatic carbocycles. The van der Waals surface area contributed by atoms with Crippen LogP contribution >= 0.6 is 0 Å². The van der Waals surface area contributed by atoms with Gasteiger partial charge in [0.1, 0.15) is 5.82 Å². The number of aromatic nitrogens is 1. The topological polar surface area (TPSA) is 31.4 Å². The van der Waals surface area contributed by atoms with Crippen molar-refractivity contribution in [1.82, 2.24) is 15.2 Å². The van der Waals surface area contributed by atoms with Crippen LogP contribution in [0.3, 0.4) is 0 Å². The molecular formula is C17H30N4. The molecule has 0 aliphatic carbocycles. The van der Waals surface area contributed by atoms with Crippen LogP contribution in [0.2, 0.25) is 0 Å². The molecule has 1 aliphatic heterocycles. The quantitative estimate of drug-likeness (QED) is 0.781. The van der Waals surface area contributed by atoms with Crippen LogP contribution in [0.15, 0.2) is 18.3 Å².